The summed E-state index contributed by atoms with van der Waals surface area (Å²) >= 11 is 0. The number of halogens is 3. The lowest BCUT2D eigenvalue weighted by Gasteiger charge is -2.17. The SMILES string of the molecule is CC(O)(CNCc1ccc(-c2cccc(C(F)(F)F)c2)o1)C(=O)O. The van der Waals surface area contributed by atoms with Gasteiger partial charge in [0.2, 0.25) is 0 Å². The Morgan fingerprint density at radius 2 is 1.96 bits per heavy atom. The molecular formula is C16H16F3NO4. The molecule has 1 atom stereocenters. The van der Waals surface area contributed by atoms with Crippen molar-refractivity contribution in [2.45, 2.75) is 25.2 Å². The normalized spacial score (nSPS) is 14.4. The summed E-state index contributed by atoms with van der Waals surface area (Å²) in [4.78, 5) is 10.8. The highest BCUT2D eigenvalue weighted by molar-refractivity contribution is 5.76. The number of alkyl halides is 3. The predicted octanol–water partition coefficient (Wildman–Crippen LogP) is 2.89. The molecule has 0 spiro atoms. The largest absolute Gasteiger partial charge is 0.479 e. The van der Waals surface area contributed by atoms with Gasteiger partial charge in [-0.2, -0.15) is 13.2 Å². The summed E-state index contributed by atoms with van der Waals surface area (Å²) in [5, 5.41) is 21.1. The van der Waals surface area contributed by atoms with E-state index >= 15 is 0 Å². The van der Waals surface area contributed by atoms with Crippen molar-refractivity contribution in [2.75, 3.05) is 6.54 Å². The smallest absolute Gasteiger partial charge is 0.416 e. The van der Waals surface area contributed by atoms with Gasteiger partial charge in [0.1, 0.15) is 11.5 Å². The van der Waals surface area contributed by atoms with Crippen molar-refractivity contribution in [3.63, 3.8) is 0 Å². The van der Waals surface area contributed by atoms with E-state index in [1.807, 2.05) is 0 Å². The van der Waals surface area contributed by atoms with Crippen LogP contribution in [-0.2, 0) is 17.5 Å². The van der Waals surface area contributed by atoms with E-state index in [1.165, 1.54) is 18.2 Å². The lowest BCUT2D eigenvalue weighted by atomic mass is 10.1. The van der Waals surface area contributed by atoms with Gasteiger partial charge in [-0.05, 0) is 31.2 Å². The molecule has 0 saturated carbocycles. The molecule has 0 bridgehead atoms. The molecule has 8 heteroatoms. The predicted molar refractivity (Wildman–Crippen MR) is 79.1 cm³/mol. The first-order valence-electron chi connectivity index (χ1n) is 7.02. The first-order chi connectivity index (χ1) is 11.1. The lowest BCUT2D eigenvalue weighted by molar-refractivity contribution is -0.156. The number of nitrogens with one attached hydrogen (secondary N) is 1. The number of carbonyl (C=O) groups is 1. The third-order valence-electron chi connectivity index (χ3n) is 3.37. The number of carboxylic acid groups (broad SMARTS) is 1. The molecule has 130 valence electrons. The van der Waals surface area contributed by atoms with Gasteiger partial charge in [-0.25, -0.2) is 4.79 Å². The monoisotopic (exact) mass is 343 g/mol. The van der Waals surface area contributed by atoms with E-state index in [-0.39, 0.29) is 24.4 Å². The fourth-order valence-electron chi connectivity index (χ4n) is 1.98. The Labute approximate surface area is 135 Å². The maximum Gasteiger partial charge on any atom is 0.416 e. The van der Waals surface area contributed by atoms with Crippen LogP contribution in [0.25, 0.3) is 11.3 Å². The van der Waals surface area contributed by atoms with Crippen LogP contribution in [0.15, 0.2) is 40.8 Å². The van der Waals surface area contributed by atoms with Gasteiger partial charge in [0, 0.05) is 12.1 Å². The minimum atomic E-state index is -4.44. The van der Waals surface area contributed by atoms with Crippen molar-refractivity contribution in [3.8, 4) is 11.3 Å². The van der Waals surface area contributed by atoms with E-state index in [4.69, 9.17) is 9.52 Å². The zero-order valence-electron chi connectivity index (χ0n) is 12.7. The Balaban J connectivity index is 2.05. The van der Waals surface area contributed by atoms with E-state index in [0.717, 1.165) is 19.1 Å². The number of furan rings is 1. The summed E-state index contributed by atoms with van der Waals surface area (Å²) in [6.07, 6.45) is -4.44. The number of carboxylic acids is 1. The average Bonchev–Trinajstić information content (AvgIpc) is 2.95. The summed E-state index contributed by atoms with van der Waals surface area (Å²) < 4.78 is 43.6. The summed E-state index contributed by atoms with van der Waals surface area (Å²) in [6.45, 7) is 1.07. The Morgan fingerprint density at radius 1 is 1.25 bits per heavy atom. The summed E-state index contributed by atoms with van der Waals surface area (Å²) in [5.41, 5.74) is -2.40. The summed E-state index contributed by atoms with van der Waals surface area (Å²) in [5.74, 6) is -0.689. The van der Waals surface area contributed by atoms with Crippen LogP contribution in [0.3, 0.4) is 0 Å². The maximum absolute atomic E-state index is 12.7. The topological polar surface area (TPSA) is 82.7 Å². The maximum atomic E-state index is 12.7. The molecule has 1 heterocycles. The Bertz CT molecular complexity index is 722. The molecule has 0 saturated heterocycles. The first kappa shape index (κ1) is 18.0. The number of aliphatic hydroxyl groups is 1. The average molecular weight is 343 g/mol. The van der Waals surface area contributed by atoms with Crippen molar-refractivity contribution >= 4 is 5.97 Å². The van der Waals surface area contributed by atoms with Gasteiger partial charge in [-0.3, -0.25) is 0 Å². The van der Waals surface area contributed by atoms with Gasteiger partial charge in [-0.15, -0.1) is 0 Å². The Hall–Kier alpha value is -2.32. The molecule has 0 fully saturated rings. The molecule has 1 aromatic heterocycles. The third-order valence-corrected chi connectivity index (χ3v) is 3.37. The Kier molecular flexibility index (Phi) is 5.00. The fraction of sp³-hybridized carbons (Fsp3) is 0.312. The zero-order chi connectivity index (χ0) is 18.0. The second-order valence-electron chi connectivity index (χ2n) is 5.53. The number of hydrogen-bond donors (Lipinski definition) is 3. The highest BCUT2D eigenvalue weighted by Gasteiger charge is 2.31. The fourth-order valence-corrected chi connectivity index (χ4v) is 1.98. The van der Waals surface area contributed by atoms with Crippen molar-refractivity contribution in [1.29, 1.82) is 0 Å². The van der Waals surface area contributed by atoms with Crippen LogP contribution in [0.2, 0.25) is 0 Å². The van der Waals surface area contributed by atoms with Crippen LogP contribution in [0.1, 0.15) is 18.2 Å². The number of benzene rings is 1. The highest BCUT2D eigenvalue weighted by atomic mass is 19.4. The van der Waals surface area contributed by atoms with Crippen LogP contribution in [0.5, 0.6) is 0 Å². The van der Waals surface area contributed by atoms with E-state index in [0.29, 0.717) is 5.76 Å². The van der Waals surface area contributed by atoms with Gasteiger partial charge < -0.3 is 19.9 Å². The molecule has 0 aliphatic carbocycles. The zero-order valence-corrected chi connectivity index (χ0v) is 12.7. The molecule has 2 aromatic rings. The minimum absolute atomic E-state index is 0.127. The van der Waals surface area contributed by atoms with Crippen LogP contribution < -0.4 is 5.32 Å². The molecule has 1 unspecified atom stereocenters. The van der Waals surface area contributed by atoms with E-state index in [9.17, 15) is 23.1 Å². The standard InChI is InChI=1S/C16H16F3NO4/c1-15(23,14(21)22)9-20-8-12-5-6-13(24-12)10-3-2-4-11(7-10)16(17,18)19/h2-7,20,23H,8-9H2,1H3,(H,21,22). The summed E-state index contributed by atoms with van der Waals surface area (Å²) in [6, 6.07) is 7.86. The molecule has 1 aromatic carbocycles. The molecule has 24 heavy (non-hydrogen) atoms. The van der Waals surface area contributed by atoms with Crippen molar-refractivity contribution in [3.05, 3.63) is 47.7 Å². The highest BCUT2D eigenvalue weighted by Crippen LogP contribution is 2.32. The second-order valence-corrected chi connectivity index (χ2v) is 5.53. The van der Waals surface area contributed by atoms with Crippen LogP contribution >= 0.6 is 0 Å². The van der Waals surface area contributed by atoms with Crippen LogP contribution in [0, 0.1) is 0 Å². The van der Waals surface area contributed by atoms with E-state index in [2.05, 4.69) is 5.32 Å². The van der Waals surface area contributed by atoms with Gasteiger partial charge in [0.15, 0.2) is 5.60 Å². The summed E-state index contributed by atoms with van der Waals surface area (Å²) in [7, 11) is 0. The third kappa shape index (κ3) is 4.36. The molecule has 0 amide bonds. The molecular weight excluding hydrogens is 327 g/mol. The molecule has 2 rings (SSSR count). The van der Waals surface area contributed by atoms with Gasteiger partial charge in [0.25, 0.3) is 0 Å². The van der Waals surface area contributed by atoms with E-state index in [1.54, 1.807) is 6.07 Å². The van der Waals surface area contributed by atoms with Gasteiger partial charge >= 0.3 is 12.1 Å². The minimum Gasteiger partial charge on any atom is -0.479 e. The van der Waals surface area contributed by atoms with Crippen molar-refractivity contribution in [2.24, 2.45) is 0 Å². The van der Waals surface area contributed by atoms with Crippen molar-refractivity contribution in [1.82, 2.24) is 5.32 Å². The number of rotatable bonds is 6. The van der Waals surface area contributed by atoms with E-state index < -0.39 is 23.3 Å². The molecule has 0 aliphatic rings. The number of hydrogen-bond acceptors (Lipinski definition) is 4. The first-order valence-corrected chi connectivity index (χ1v) is 7.02. The van der Waals surface area contributed by atoms with Crippen molar-refractivity contribution < 1.29 is 32.6 Å². The van der Waals surface area contributed by atoms with Gasteiger partial charge in [0.05, 0.1) is 12.1 Å². The quantitative estimate of drug-likeness (QED) is 0.751. The van der Waals surface area contributed by atoms with Gasteiger partial charge in [-0.1, -0.05) is 12.1 Å². The van der Waals surface area contributed by atoms with Crippen LogP contribution in [-0.4, -0.2) is 28.3 Å². The Morgan fingerprint density at radius 3 is 2.58 bits per heavy atom. The van der Waals surface area contributed by atoms with Crippen LogP contribution in [0.4, 0.5) is 13.2 Å². The molecule has 3 N–H and O–H groups in total. The second kappa shape index (κ2) is 6.66. The lowest BCUT2D eigenvalue weighted by Crippen LogP contribution is -2.44. The number of aliphatic carboxylic acids is 1. The molecule has 0 radical (unpaired) electrons. The molecule has 5 nitrogen and oxygen atoms in total. The molecule has 0 aliphatic heterocycles.